The SMILES string of the molecule is [C-]#[N+]c1cc(-c2nccs2)c2oc(N3CCNC[C@@H]3C)nc2c1. The Morgan fingerprint density at radius 1 is 1.48 bits per heavy atom. The molecule has 1 fully saturated rings. The van der Waals surface area contributed by atoms with Gasteiger partial charge >= 0.3 is 0 Å². The van der Waals surface area contributed by atoms with Crippen LogP contribution >= 0.6 is 11.3 Å². The van der Waals surface area contributed by atoms with Gasteiger partial charge in [-0.1, -0.05) is 0 Å². The lowest BCUT2D eigenvalue weighted by Gasteiger charge is -2.32. The molecule has 0 bridgehead atoms. The van der Waals surface area contributed by atoms with Crippen LogP contribution in [-0.2, 0) is 0 Å². The molecule has 1 N–H and O–H groups in total. The summed E-state index contributed by atoms with van der Waals surface area (Å²) in [6.45, 7) is 12.1. The first kappa shape index (κ1) is 14.2. The van der Waals surface area contributed by atoms with E-state index in [1.54, 1.807) is 12.3 Å². The number of benzene rings is 1. The summed E-state index contributed by atoms with van der Waals surface area (Å²) in [4.78, 5) is 14.7. The Hall–Kier alpha value is -2.43. The molecule has 116 valence electrons. The molecule has 0 amide bonds. The van der Waals surface area contributed by atoms with Gasteiger partial charge in [0.15, 0.2) is 11.3 Å². The molecule has 4 rings (SSSR count). The zero-order valence-corrected chi connectivity index (χ0v) is 13.4. The number of piperazine rings is 1. The highest BCUT2D eigenvalue weighted by molar-refractivity contribution is 7.13. The minimum atomic E-state index is 0.320. The van der Waals surface area contributed by atoms with Gasteiger partial charge < -0.3 is 14.6 Å². The molecule has 1 saturated heterocycles. The van der Waals surface area contributed by atoms with E-state index in [4.69, 9.17) is 11.0 Å². The van der Waals surface area contributed by atoms with Crippen molar-refractivity contribution in [3.63, 3.8) is 0 Å². The molecule has 0 unspecified atom stereocenters. The largest absolute Gasteiger partial charge is 0.423 e. The molecule has 1 aromatic carbocycles. The van der Waals surface area contributed by atoms with Gasteiger partial charge in [-0.2, -0.15) is 4.98 Å². The van der Waals surface area contributed by atoms with Crippen molar-refractivity contribution in [3.8, 4) is 10.6 Å². The van der Waals surface area contributed by atoms with Crippen molar-refractivity contribution in [3.05, 3.63) is 35.1 Å². The molecule has 3 heterocycles. The maximum absolute atomic E-state index is 7.31. The van der Waals surface area contributed by atoms with Crippen molar-refractivity contribution >= 4 is 34.1 Å². The van der Waals surface area contributed by atoms with E-state index in [9.17, 15) is 0 Å². The molecule has 0 aliphatic carbocycles. The van der Waals surface area contributed by atoms with Gasteiger partial charge in [0.25, 0.3) is 6.01 Å². The molecule has 6 nitrogen and oxygen atoms in total. The number of rotatable bonds is 2. The first-order valence-corrected chi connectivity index (χ1v) is 8.33. The molecule has 0 radical (unpaired) electrons. The topological polar surface area (TPSA) is 58.6 Å². The third-order valence-corrected chi connectivity index (χ3v) is 4.81. The average molecular weight is 325 g/mol. The molecule has 1 aliphatic rings. The van der Waals surface area contributed by atoms with Gasteiger partial charge in [-0.3, -0.25) is 0 Å². The standard InChI is InChI=1S/C16H15N5OS/c1-10-9-18-3-5-21(10)16-20-13-8-11(17-2)7-12(14(13)22-16)15-19-4-6-23-15/h4,6-8,10,18H,3,5,9H2,1H3/t10-/m0/s1. The van der Waals surface area contributed by atoms with Gasteiger partial charge in [0.1, 0.15) is 10.5 Å². The normalized spacial score (nSPS) is 18.3. The van der Waals surface area contributed by atoms with E-state index in [-0.39, 0.29) is 0 Å². The smallest absolute Gasteiger partial charge is 0.298 e. The molecule has 23 heavy (non-hydrogen) atoms. The second kappa shape index (κ2) is 5.65. The first-order valence-electron chi connectivity index (χ1n) is 7.45. The summed E-state index contributed by atoms with van der Waals surface area (Å²) < 4.78 is 6.08. The van der Waals surface area contributed by atoms with Crippen LogP contribution < -0.4 is 10.2 Å². The number of hydrogen-bond donors (Lipinski definition) is 1. The number of hydrogen-bond acceptors (Lipinski definition) is 6. The van der Waals surface area contributed by atoms with E-state index in [0.29, 0.717) is 28.8 Å². The number of oxazole rings is 1. The van der Waals surface area contributed by atoms with E-state index in [1.807, 2.05) is 11.4 Å². The predicted octanol–water partition coefficient (Wildman–Crippen LogP) is 3.30. The Morgan fingerprint density at radius 3 is 3.13 bits per heavy atom. The molecule has 1 atom stereocenters. The van der Waals surface area contributed by atoms with Crippen molar-refractivity contribution in [1.82, 2.24) is 15.3 Å². The molecule has 1 aliphatic heterocycles. The van der Waals surface area contributed by atoms with Crippen LogP contribution in [0, 0.1) is 6.57 Å². The monoisotopic (exact) mass is 325 g/mol. The first-order chi connectivity index (χ1) is 11.3. The maximum atomic E-state index is 7.31. The summed E-state index contributed by atoms with van der Waals surface area (Å²) in [5.74, 6) is 0. The summed E-state index contributed by atoms with van der Waals surface area (Å²) in [7, 11) is 0. The van der Waals surface area contributed by atoms with Crippen molar-refractivity contribution in [2.45, 2.75) is 13.0 Å². The van der Waals surface area contributed by atoms with Crippen molar-refractivity contribution in [2.24, 2.45) is 0 Å². The summed E-state index contributed by atoms with van der Waals surface area (Å²) in [5, 5.41) is 6.12. The molecule has 0 spiro atoms. The average Bonchev–Trinajstić information content (AvgIpc) is 3.23. The fraction of sp³-hybridized carbons (Fsp3) is 0.312. The summed E-state index contributed by atoms with van der Waals surface area (Å²) in [6, 6.07) is 4.54. The van der Waals surface area contributed by atoms with E-state index >= 15 is 0 Å². The zero-order chi connectivity index (χ0) is 15.8. The zero-order valence-electron chi connectivity index (χ0n) is 12.6. The maximum Gasteiger partial charge on any atom is 0.298 e. The molecular weight excluding hydrogens is 310 g/mol. The van der Waals surface area contributed by atoms with Crippen molar-refractivity contribution in [2.75, 3.05) is 24.5 Å². The predicted molar refractivity (Wildman–Crippen MR) is 91.1 cm³/mol. The second-order valence-corrected chi connectivity index (χ2v) is 6.43. The van der Waals surface area contributed by atoms with Gasteiger partial charge in [0.2, 0.25) is 0 Å². The molecule has 0 saturated carbocycles. The second-order valence-electron chi connectivity index (χ2n) is 5.53. The van der Waals surface area contributed by atoms with Gasteiger partial charge in [0.05, 0.1) is 6.57 Å². The number of thiazole rings is 1. The minimum absolute atomic E-state index is 0.320. The molecule has 3 aromatic rings. The van der Waals surface area contributed by atoms with Crippen LogP contribution in [0.3, 0.4) is 0 Å². The fourth-order valence-corrected chi connectivity index (χ4v) is 3.49. The van der Waals surface area contributed by atoms with Crippen LogP contribution in [0.2, 0.25) is 0 Å². The van der Waals surface area contributed by atoms with Crippen molar-refractivity contribution in [1.29, 1.82) is 0 Å². The lowest BCUT2D eigenvalue weighted by atomic mass is 10.2. The van der Waals surface area contributed by atoms with Crippen LogP contribution in [0.4, 0.5) is 11.7 Å². The third kappa shape index (κ3) is 2.46. The van der Waals surface area contributed by atoms with Crippen molar-refractivity contribution < 1.29 is 4.42 Å². The minimum Gasteiger partial charge on any atom is -0.423 e. The van der Waals surface area contributed by atoms with Crippen LogP contribution in [-0.4, -0.2) is 35.6 Å². The highest BCUT2D eigenvalue weighted by Gasteiger charge is 2.24. The van der Waals surface area contributed by atoms with E-state index in [1.165, 1.54) is 11.3 Å². The fourth-order valence-electron chi connectivity index (χ4n) is 2.83. The summed E-state index contributed by atoms with van der Waals surface area (Å²) in [6.07, 6.45) is 1.76. The van der Waals surface area contributed by atoms with E-state index in [2.05, 4.69) is 32.0 Å². The Balaban J connectivity index is 1.87. The number of nitrogens with zero attached hydrogens (tertiary/aromatic N) is 4. The van der Waals surface area contributed by atoms with Gasteiger partial charge in [0, 0.05) is 42.8 Å². The number of aromatic nitrogens is 2. The summed E-state index contributed by atoms with van der Waals surface area (Å²) >= 11 is 1.53. The summed E-state index contributed by atoms with van der Waals surface area (Å²) in [5.41, 5.74) is 2.80. The Bertz CT molecular complexity index is 880. The molecular formula is C16H15N5OS. The van der Waals surface area contributed by atoms with Gasteiger partial charge in [-0.05, 0) is 19.1 Å². The number of fused-ring (bicyclic) bond motifs is 1. The lowest BCUT2D eigenvalue weighted by Crippen LogP contribution is -2.50. The lowest BCUT2D eigenvalue weighted by molar-refractivity contribution is 0.456. The highest BCUT2D eigenvalue weighted by atomic mass is 32.1. The van der Waals surface area contributed by atoms with Crippen LogP contribution in [0.25, 0.3) is 26.5 Å². The number of anilines is 1. The Labute approximate surface area is 137 Å². The molecule has 2 aromatic heterocycles. The van der Waals surface area contributed by atoms with Crippen LogP contribution in [0.5, 0.6) is 0 Å². The van der Waals surface area contributed by atoms with Gasteiger partial charge in [-0.25, -0.2) is 9.83 Å². The molecule has 7 heteroatoms. The van der Waals surface area contributed by atoms with Crippen LogP contribution in [0.15, 0.2) is 28.1 Å². The Morgan fingerprint density at radius 2 is 2.39 bits per heavy atom. The highest BCUT2D eigenvalue weighted by Crippen LogP contribution is 2.36. The Kier molecular flexibility index (Phi) is 3.48. The number of nitrogens with one attached hydrogen (secondary N) is 1. The van der Waals surface area contributed by atoms with Gasteiger partial charge in [-0.15, -0.1) is 11.3 Å². The van der Waals surface area contributed by atoms with Crippen LogP contribution in [0.1, 0.15) is 6.92 Å². The third-order valence-electron chi connectivity index (χ3n) is 4.00. The quantitative estimate of drug-likeness (QED) is 0.733. The van der Waals surface area contributed by atoms with E-state index < -0.39 is 0 Å². The van der Waals surface area contributed by atoms with E-state index in [0.717, 1.165) is 30.2 Å².